The number of ether oxygens (including phenoxy) is 1. The molecule has 0 aliphatic heterocycles. The van der Waals surface area contributed by atoms with Gasteiger partial charge in [-0.2, -0.15) is 0 Å². The molecule has 0 unspecified atom stereocenters. The number of anilines is 1. The highest BCUT2D eigenvalue weighted by Gasteiger charge is 2.16. The molecule has 1 aromatic rings. The number of esters is 1. The van der Waals surface area contributed by atoms with Crippen LogP contribution in [0.25, 0.3) is 0 Å². The van der Waals surface area contributed by atoms with Crippen molar-refractivity contribution in [3.63, 3.8) is 0 Å². The third-order valence-corrected chi connectivity index (χ3v) is 2.41. The Labute approximate surface area is 111 Å². The number of pyridine rings is 1. The molecule has 0 aromatic carbocycles. The molecule has 18 heavy (non-hydrogen) atoms. The standard InChI is InChI=1S/C12H16ClFN2O2/c1-3-5-16(8-11(17)18-4-2)12-10(14)6-9(13)7-15-12/h6-7H,3-5,8H2,1-2H3. The summed E-state index contributed by atoms with van der Waals surface area (Å²) in [7, 11) is 0. The van der Waals surface area contributed by atoms with Crippen LogP contribution < -0.4 is 4.90 Å². The molecule has 0 bridgehead atoms. The van der Waals surface area contributed by atoms with Gasteiger partial charge in [0.15, 0.2) is 11.6 Å². The summed E-state index contributed by atoms with van der Waals surface area (Å²) in [5, 5.41) is 0.226. The van der Waals surface area contributed by atoms with Crippen LogP contribution in [0.15, 0.2) is 12.3 Å². The molecule has 1 aromatic heterocycles. The first kappa shape index (κ1) is 14.7. The highest BCUT2D eigenvalue weighted by atomic mass is 35.5. The second-order valence-electron chi connectivity index (χ2n) is 3.69. The molecule has 6 heteroatoms. The van der Waals surface area contributed by atoms with E-state index >= 15 is 0 Å². The summed E-state index contributed by atoms with van der Waals surface area (Å²) < 4.78 is 18.6. The second kappa shape index (κ2) is 7.16. The van der Waals surface area contributed by atoms with Gasteiger partial charge in [0.25, 0.3) is 0 Å². The first-order valence-corrected chi connectivity index (χ1v) is 6.17. The van der Waals surface area contributed by atoms with E-state index in [1.54, 1.807) is 11.8 Å². The van der Waals surface area contributed by atoms with Crippen LogP contribution in [0.3, 0.4) is 0 Å². The summed E-state index contributed by atoms with van der Waals surface area (Å²) in [5.41, 5.74) is 0. The number of halogens is 2. The first-order valence-electron chi connectivity index (χ1n) is 5.80. The smallest absolute Gasteiger partial charge is 0.325 e. The Kier molecular flexibility index (Phi) is 5.85. The van der Waals surface area contributed by atoms with Gasteiger partial charge in [0, 0.05) is 12.7 Å². The molecule has 100 valence electrons. The summed E-state index contributed by atoms with van der Waals surface area (Å²) in [6.07, 6.45) is 2.12. The van der Waals surface area contributed by atoms with E-state index in [2.05, 4.69) is 4.98 Å². The molecule has 0 aliphatic rings. The summed E-state index contributed by atoms with van der Waals surface area (Å²) in [5.74, 6) is -0.823. The number of nitrogens with zero attached hydrogens (tertiary/aromatic N) is 2. The maximum Gasteiger partial charge on any atom is 0.325 e. The highest BCUT2D eigenvalue weighted by molar-refractivity contribution is 6.30. The lowest BCUT2D eigenvalue weighted by Gasteiger charge is -2.22. The van der Waals surface area contributed by atoms with Gasteiger partial charge in [0.1, 0.15) is 6.54 Å². The zero-order valence-electron chi connectivity index (χ0n) is 10.4. The predicted octanol–water partition coefficient (Wildman–Crippen LogP) is 2.65. The van der Waals surface area contributed by atoms with Crippen molar-refractivity contribution in [1.29, 1.82) is 0 Å². The van der Waals surface area contributed by atoms with Crippen LogP contribution in [0.5, 0.6) is 0 Å². The van der Waals surface area contributed by atoms with Crippen LogP contribution in [0, 0.1) is 5.82 Å². The van der Waals surface area contributed by atoms with Gasteiger partial charge in [-0.05, 0) is 19.4 Å². The lowest BCUT2D eigenvalue weighted by atomic mass is 10.3. The average Bonchev–Trinajstić information content (AvgIpc) is 2.29. The molecule has 0 amide bonds. The molecular weight excluding hydrogens is 259 g/mol. The van der Waals surface area contributed by atoms with Gasteiger partial charge >= 0.3 is 5.97 Å². The molecule has 0 radical (unpaired) electrons. The molecule has 0 aliphatic carbocycles. The lowest BCUT2D eigenvalue weighted by molar-refractivity contribution is -0.141. The Morgan fingerprint density at radius 2 is 2.28 bits per heavy atom. The Balaban J connectivity index is 2.86. The molecular formula is C12H16ClFN2O2. The largest absolute Gasteiger partial charge is 0.465 e. The Morgan fingerprint density at radius 3 is 2.83 bits per heavy atom. The first-order chi connectivity index (χ1) is 8.58. The zero-order chi connectivity index (χ0) is 13.5. The van der Waals surface area contributed by atoms with E-state index in [0.29, 0.717) is 13.2 Å². The van der Waals surface area contributed by atoms with E-state index in [1.165, 1.54) is 12.3 Å². The van der Waals surface area contributed by atoms with Gasteiger partial charge in [-0.25, -0.2) is 9.37 Å². The van der Waals surface area contributed by atoms with Crippen molar-refractivity contribution in [2.24, 2.45) is 0 Å². The van der Waals surface area contributed by atoms with Gasteiger partial charge in [-0.1, -0.05) is 18.5 Å². The van der Waals surface area contributed by atoms with Crippen LogP contribution in [0.2, 0.25) is 5.02 Å². The fourth-order valence-electron chi connectivity index (χ4n) is 1.53. The SMILES string of the molecule is CCCN(CC(=O)OCC)c1ncc(Cl)cc1F. The van der Waals surface area contributed by atoms with Crippen LogP contribution in [-0.4, -0.2) is 30.6 Å². The van der Waals surface area contributed by atoms with Crippen LogP contribution in [0.1, 0.15) is 20.3 Å². The summed E-state index contributed by atoms with van der Waals surface area (Å²) in [6, 6.07) is 1.18. The van der Waals surface area contributed by atoms with Crippen LogP contribution >= 0.6 is 11.6 Å². The molecule has 0 saturated heterocycles. The molecule has 0 saturated carbocycles. The van der Waals surface area contributed by atoms with E-state index in [0.717, 1.165) is 6.42 Å². The maximum absolute atomic E-state index is 13.7. The molecule has 0 N–H and O–H groups in total. The lowest BCUT2D eigenvalue weighted by Crippen LogP contribution is -2.33. The molecule has 1 rings (SSSR count). The van der Waals surface area contributed by atoms with Crippen molar-refractivity contribution in [2.75, 3.05) is 24.6 Å². The monoisotopic (exact) mass is 274 g/mol. The Hall–Kier alpha value is -1.36. The maximum atomic E-state index is 13.7. The highest BCUT2D eigenvalue weighted by Crippen LogP contribution is 2.19. The van der Waals surface area contributed by atoms with Crippen molar-refractivity contribution in [2.45, 2.75) is 20.3 Å². The van der Waals surface area contributed by atoms with E-state index in [-0.39, 0.29) is 17.4 Å². The number of rotatable bonds is 6. The Bertz CT molecular complexity index is 415. The fourth-order valence-corrected chi connectivity index (χ4v) is 1.68. The van der Waals surface area contributed by atoms with E-state index < -0.39 is 11.8 Å². The van der Waals surface area contributed by atoms with Crippen molar-refractivity contribution in [3.8, 4) is 0 Å². The normalized spacial score (nSPS) is 10.2. The third-order valence-electron chi connectivity index (χ3n) is 2.21. The third kappa shape index (κ3) is 4.14. The van der Waals surface area contributed by atoms with Crippen molar-refractivity contribution in [3.05, 3.63) is 23.1 Å². The molecule has 0 atom stereocenters. The van der Waals surface area contributed by atoms with Crippen molar-refractivity contribution >= 4 is 23.4 Å². The zero-order valence-corrected chi connectivity index (χ0v) is 11.2. The number of carbonyl (C=O) groups excluding carboxylic acids is 1. The summed E-state index contributed by atoms with van der Waals surface area (Å²) in [4.78, 5) is 16.9. The fraction of sp³-hybridized carbons (Fsp3) is 0.500. The quantitative estimate of drug-likeness (QED) is 0.748. The van der Waals surface area contributed by atoms with Gasteiger partial charge in [-0.3, -0.25) is 4.79 Å². The number of carbonyl (C=O) groups is 1. The van der Waals surface area contributed by atoms with E-state index in [9.17, 15) is 9.18 Å². The molecule has 0 spiro atoms. The summed E-state index contributed by atoms with van der Waals surface area (Å²) in [6.45, 7) is 4.46. The minimum absolute atomic E-state index is 0.0206. The molecule has 4 nitrogen and oxygen atoms in total. The minimum atomic E-state index is -0.541. The van der Waals surface area contributed by atoms with Gasteiger partial charge < -0.3 is 9.64 Å². The second-order valence-corrected chi connectivity index (χ2v) is 4.12. The molecule has 0 fully saturated rings. The van der Waals surface area contributed by atoms with Crippen molar-refractivity contribution < 1.29 is 13.9 Å². The average molecular weight is 275 g/mol. The van der Waals surface area contributed by atoms with Gasteiger partial charge in [0.2, 0.25) is 0 Å². The van der Waals surface area contributed by atoms with E-state index in [4.69, 9.17) is 16.3 Å². The topological polar surface area (TPSA) is 42.4 Å². The van der Waals surface area contributed by atoms with Gasteiger partial charge in [0.05, 0.1) is 11.6 Å². The van der Waals surface area contributed by atoms with Crippen LogP contribution in [-0.2, 0) is 9.53 Å². The Morgan fingerprint density at radius 1 is 1.56 bits per heavy atom. The van der Waals surface area contributed by atoms with E-state index in [1.807, 2.05) is 6.92 Å². The van der Waals surface area contributed by atoms with Crippen LogP contribution in [0.4, 0.5) is 10.2 Å². The molecule has 1 heterocycles. The number of hydrogen-bond donors (Lipinski definition) is 0. The summed E-state index contributed by atoms with van der Waals surface area (Å²) >= 11 is 5.64. The van der Waals surface area contributed by atoms with Crippen molar-refractivity contribution in [1.82, 2.24) is 4.98 Å². The number of hydrogen-bond acceptors (Lipinski definition) is 4. The van der Waals surface area contributed by atoms with Gasteiger partial charge in [-0.15, -0.1) is 0 Å². The predicted molar refractivity (Wildman–Crippen MR) is 68.3 cm³/mol. The minimum Gasteiger partial charge on any atom is -0.465 e. The number of aromatic nitrogens is 1.